The van der Waals surface area contributed by atoms with Gasteiger partial charge in [-0.15, -0.1) is 0 Å². The second kappa shape index (κ2) is 2.38. The molecule has 1 aliphatic carbocycles. The first-order chi connectivity index (χ1) is 5.36. The largest absolute Gasteiger partial charge is 0.349 e. The van der Waals surface area contributed by atoms with E-state index in [4.69, 9.17) is 0 Å². The molecule has 0 aliphatic heterocycles. The van der Waals surface area contributed by atoms with Crippen molar-refractivity contribution < 1.29 is 4.79 Å². The Labute approximate surface area is 64.0 Å². The first-order valence-electron chi connectivity index (χ1n) is 3.66. The molecule has 1 heterocycles. The van der Waals surface area contributed by atoms with Gasteiger partial charge in [-0.25, -0.2) is 0 Å². The lowest BCUT2D eigenvalue weighted by atomic mass is 10.3. The highest BCUT2D eigenvalue weighted by Gasteiger charge is 2.23. The first kappa shape index (κ1) is 6.39. The minimum absolute atomic E-state index is 0.0266. The smallest absolute Gasteiger partial charge is 0.254 e. The third-order valence-corrected chi connectivity index (χ3v) is 1.67. The number of aromatic amines is 1. The molecule has 1 aromatic rings. The predicted octanol–water partition coefficient (Wildman–Crippen LogP) is 0.302. The van der Waals surface area contributed by atoms with Crippen LogP contribution in [0.15, 0.2) is 12.4 Å². The molecule has 0 saturated heterocycles. The van der Waals surface area contributed by atoms with Gasteiger partial charge >= 0.3 is 0 Å². The molecule has 0 radical (unpaired) electrons. The number of H-pyrrole nitrogens is 1. The van der Waals surface area contributed by atoms with Crippen molar-refractivity contribution in [3.05, 3.63) is 18.0 Å². The quantitative estimate of drug-likeness (QED) is 0.638. The number of hydrogen-bond acceptors (Lipinski definition) is 2. The van der Waals surface area contributed by atoms with Crippen LogP contribution in [-0.2, 0) is 0 Å². The zero-order valence-electron chi connectivity index (χ0n) is 6.00. The Morgan fingerprint density at radius 2 is 2.55 bits per heavy atom. The summed E-state index contributed by atoms with van der Waals surface area (Å²) in [7, 11) is 0. The number of amides is 1. The maximum atomic E-state index is 11.2. The van der Waals surface area contributed by atoms with Crippen LogP contribution in [0.4, 0.5) is 0 Å². The van der Waals surface area contributed by atoms with E-state index in [9.17, 15) is 4.79 Å². The van der Waals surface area contributed by atoms with Crippen molar-refractivity contribution in [2.45, 2.75) is 18.9 Å². The normalized spacial score (nSPS) is 16.4. The van der Waals surface area contributed by atoms with Crippen molar-refractivity contribution >= 4 is 5.91 Å². The zero-order chi connectivity index (χ0) is 7.68. The Kier molecular flexibility index (Phi) is 1.38. The zero-order valence-corrected chi connectivity index (χ0v) is 6.00. The number of aromatic nitrogens is 2. The summed E-state index contributed by atoms with van der Waals surface area (Å²) < 4.78 is 0. The van der Waals surface area contributed by atoms with Crippen LogP contribution in [0.2, 0.25) is 0 Å². The SMILES string of the molecule is O=C(NC1CC1)c1cn[nH]c1. The van der Waals surface area contributed by atoms with Crippen molar-refractivity contribution in [1.29, 1.82) is 0 Å². The van der Waals surface area contributed by atoms with Crippen LogP contribution in [0.3, 0.4) is 0 Å². The lowest BCUT2D eigenvalue weighted by Crippen LogP contribution is -2.24. The van der Waals surface area contributed by atoms with E-state index in [-0.39, 0.29) is 5.91 Å². The van der Waals surface area contributed by atoms with Crippen LogP contribution >= 0.6 is 0 Å². The monoisotopic (exact) mass is 151 g/mol. The van der Waals surface area contributed by atoms with E-state index < -0.39 is 0 Å². The van der Waals surface area contributed by atoms with E-state index in [1.54, 1.807) is 6.20 Å². The molecule has 58 valence electrons. The number of hydrogen-bond donors (Lipinski definition) is 2. The summed E-state index contributed by atoms with van der Waals surface area (Å²) in [6, 6.07) is 0.414. The summed E-state index contributed by atoms with van der Waals surface area (Å²) in [5.74, 6) is -0.0266. The van der Waals surface area contributed by atoms with Crippen LogP contribution in [0.1, 0.15) is 23.2 Å². The highest BCUT2D eigenvalue weighted by molar-refractivity contribution is 5.93. The second-order valence-corrected chi connectivity index (χ2v) is 2.73. The lowest BCUT2D eigenvalue weighted by molar-refractivity contribution is 0.0951. The first-order valence-corrected chi connectivity index (χ1v) is 3.66. The van der Waals surface area contributed by atoms with Crippen molar-refractivity contribution in [2.75, 3.05) is 0 Å². The average Bonchev–Trinajstić information content (AvgIpc) is 2.67. The summed E-state index contributed by atoms with van der Waals surface area (Å²) >= 11 is 0. The minimum Gasteiger partial charge on any atom is -0.349 e. The maximum absolute atomic E-state index is 11.2. The molecule has 2 rings (SSSR count). The highest BCUT2D eigenvalue weighted by Crippen LogP contribution is 2.18. The molecule has 1 aromatic heterocycles. The summed E-state index contributed by atoms with van der Waals surface area (Å²) in [4.78, 5) is 11.2. The number of nitrogens with zero attached hydrogens (tertiary/aromatic N) is 1. The second-order valence-electron chi connectivity index (χ2n) is 2.73. The Bertz CT molecular complexity index is 251. The maximum Gasteiger partial charge on any atom is 0.254 e. The van der Waals surface area contributed by atoms with Gasteiger partial charge in [-0.2, -0.15) is 5.10 Å². The van der Waals surface area contributed by atoms with Gasteiger partial charge in [0, 0.05) is 12.2 Å². The fourth-order valence-electron chi connectivity index (χ4n) is 0.871. The number of carbonyl (C=O) groups excluding carboxylic acids is 1. The summed E-state index contributed by atoms with van der Waals surface area (Å²) in [5.41, 5.74) is 0.608. The fourth-order valence-corrected chi connectivity index (χ4v) is 0.871. The van der Waals surface area contributed by atoms with Gasteiger partial charge in [0.1, 0.15) is 0 Å². The van der Waals surface area contributed by atoms with Gasteiger partial charge in [0.2, 0.25) is 0 Å². The molecule has 4 heteroatoms. The summed E-state index contributed by atoms with van der Waals surface area (Å²) in [6.45, 7) is 0. The van der Waals surface area contributed by atoms with Crippen LogP contribution in [0, 0.1) is 0 Å². The standard InChI is InChI=1S/C7H9N3O/c11-7(10-6-1-2-6)5-3-8-9-4-5/h3-4,6H,1-2H2,(H,8,9)(H,10,11). The molecule has 1 fully saturated rings. The number of carbonyl (C=O) groups is 1. The van der Waals surface area contributed by atoms with Gasteiger partial charge in [-0.05, 0) is 12.8 Å². The molecule has 1 aliphatic rings. The van der Waals surface area contributed by atoms with E-state index in [1.807, 2.05) is 0 Å². The van der Waals surface area contributed by atoms with Gasteiger partial charge < -0.3 is 5.32 Å². The molecular weight excluding hydrogens is 142 g/mol. The summed E-state index contributed by atoms with van der Waals surface area (Å²) in [5, 5.41) is 9.14. The number of rotatable bonds is 2. The van der Waals surface area contributed by atoms with Gasteiger partial charge in [0.15, 0.2) is 0 Å². The van der Waals surface area contributed by atoms with E-state index in [0.717, 1.165) is 12.8 Å². The molecule has 0 spiro atoms. The van der Waals surface area contributed by atoms with Crippen molar-refractivity contribution in [2.24, 2.45) is 0 Å². The van der Waals surface area contributed by atoms with Crippen molar-refractivity contribution in [3.8, 4) is 0 Å². The molecule has 0 unspecified atom stereocenters. The van der Waals surface area contributed by atoms with Crippen LogP contribution in [0.5, 0.6) is 0 Å². The third-order valence-electron chi connectivity index (χ3n) is 1.67. The topological polar surface area (TPSA) is 57.8 Å². The summed E-state index contributed by atoms with van der Waals surface area (Å²) in [6.07, 6.45) is 5.35. The lowest BCUT2D eigenvalue weighted by Gasteiger charge is -1.97. The Hall–Kier alpha value is -1.32. The molecule has 0 bridgehead atoms. The average molecular weight is 151 g/mol. The van der Waals surface area contributed by atoms with Crippen molar-refractivity contribution in [3.63, 3.8) is 0 Å². The fraction of sp³-hybridized carbons (Fsp3) is 0.429. The van der Waals surface area contributed by atoms with Gasteiger partial charge in [-0.3, -0.25) is 9.89 Å². The van der Waals surface area contributed by atoms with Crippen LogP contribution in [-0.4, -0.2) is 22.1 Å². The van der Waals surface area contributed by atoms with Crippen LogP contribution in [0.25, 0.3) is 0 Å². The van der Waals surface area contributed by atoms with E-state index >= 15 is 0 Å². The van der Waals surface area contributed by atoms with Gasteiger partial charge in [0.25, 0.3) is 5.91 Å². The van der Waals surface area contributed by atoms with E-state index in [0.29, 0.717) is 11.6 Å². The molecule has 11 heavy (non-hydrogen) atoms. The van der Waals surface area contributed by atoms with Gasteiger partial charge in [0.05, 0.1) is 11.8 Å². The predicted molar refractivity (Wildman–Crippen MR) is 39.1 cm³/mol. The molecule has 1 saturated carbocycles. The van der Waals surface area contributed by atoms with Crippen molar-refractivity contribution in [1.82, 2.24) is 15.5 Å². The molecule has 4 nitrogen and oxygen atoms in total. The molecular formula is C7H9N3O. The molecule has 1 amide bonds. The Morgan fingerprint density at radius 1 is 1.73 bits per heavy atom. The molecule has 2 N–H and O–H groups in total. The van der Waals surface area contributed by atoms with E-state index in [2.05, 4.69) is 15.5 Å². The Morgan fingerprint density at radius 3 is 3.09 bits per heavy atom. The van der Waals surface area contributed by atoms with Gasteiger partial charge in [-0.1, -0.05) is 0 Å². The minimum atomic E-state index is -0.0266. The third kappa shape index (κ3) is 1.39. The Balaban J connectivity index is 1.99. The van der Waals surface area contributed by atoms with Crippen LogP contribution < -0.4 is 5.32 Å². The highest BCUT2D eigenvalue weighted by atomic mass is 16.1. The van der Waals surface area contributed by atoms with E-state index in [1.165, 1.54) is 6.20 Å². The molecule has 0 atom stereocenters. The molecule has 0 aromatic carbocycles. The number of nitrogens with one attached hydrogen (secondary N) is 2.